The minimum Gasteiger partial charge on any atom is -0.506 e. The first-order valence-electron chi connectivity index (χ1n) is 10.6. The van der Waals surface area contributed by atoms with Crippen LogP contribution in [0, 0.1) is 0 Å². The zero-order valence-corrected chi connectivity index (χ0v) is 18.7. The molecule has 2 N–H and O–H groups in total. The molecule has 2 aromatic carbocycles. The summed E-state index contributed by atoms with van der Waals surface area (Å²) in [5, 5.41) is 13.1. The fourth-order valence-corrected chi connectivity index (χ4v) is 3.88. The molecule has 1 fully saturated rings. The van der Waals surface area contributed by atoms with Crippen molar-refractivity contribution in [1.29, 1.82) is 0 Å². The van der Waals surface area contributed by atoms with Gasteiger partial charge in [0.1, 0.15) is 5.75 Å². The maximum Gasteiger partial charge on any atom is 0.237 e. The second-order valence-corrected chi connectivity index (χ2v) is 8.39. The third kappa shape index (κ3) is 5.55. The summed E-state index contributed by atoms with van der Waals surface area (Å²) in [7, 11) is 1.97. The first kappa shape index (κ1) is 22.0. The number of anilines is 1. The minimum absolute atomic E-state index is 0.0821. The van der Waals surface area contributed by atoms with Gasteiger partial charge in [-0.25, -0.2) is 9.97 Å². The van der Waals surface area contributed by atoms with Crippen LogP contribution in [0.4, 0.5) is 5.95 Å². The second-order valence-electron chi connectivity index (χ2n) is 7.98. The fraction of sp³-hybridized carbons (Fsp3) is 0.292. The van der Waals surface area contributed by atoms with E-state index in [9.17, 15) is 9.90 Å². The highest BCUT2D eigenvalue weighted by atomic mass is 35.5. The maximum absolute atomic E-state index is 12.3. The average molecular weight is 452 g/mol. The largest absolute Gasteiger partial charge is 0.506 e. The molecule has 32 heavy (non-hydrogen) atoms. The van der Waals surface area contributed by atoms with Crippen molar-refractivity contribution in [3.63, 3.8) is 0 Å². The van der Waals surface area contributed by atoms with Crippen LogP contribution in [0.15, 0.2) is 54.7 Å². The Morgan fingerprint density at radius 2 is 2.00 bits per heavy atom. The van der Waals surface area contributed by atoms with Gasteiger partial charge in [-0.05, 0) is 48.9 Å². The Labute approximate surface area is 192 Å². The first-order chi connectivity index (χ1) is 15.5. The number of nitrogens with one attached hydrogen (secondary N) is 1. The van der Waals surface area contributed by atoms with Gasteiger partial charge in [-0.15, -0.1) is 0 Å². The zero-order chi connectivity index (χ0) is 22.5. The molecule has 1 aliphatic heterocycles. The molecule has 1 saturated heterocycles. The van der Waals surface area contributed by atoms with E-state index < -0.39 is 0 Å². The standard InChI is InChI=1S/C24H26ClN5O2/c1-29-11-12-30(23(32)16-29)15-18-3-2-4-19(13-18)21-8-10-27-24(28-21)26-9-7-17-5-6-22(31)20(25)14-17/h2-6,8,10,13-14,31H,7,9,11-12,15-16H2,1H3,(H,26,27,28). The number of aromatic nitrogens is 2. The van der Waals surface area contributed by atoms with Crippen molar-refractivity contribution in [3.05, 3.63) is 70.9 Å². The smallest absolute Gasteiger partial charge is 0.237 e. The van der Waals surface area contributed by atoms with Gasteiger partial charge < -0.3 is 15.3 Å². The van der Waals surface area contributed by atoms with Crippen molar-refractivity contribution in [2.45, 2.75) is 13.0 Å². The van der Waals surface area contributed by atoms with E-state index in [-0.39, 0.29) is 11.7 Å². The van der Waals surface area contributed by atoms with Gasteiger partial charge in [0, 0.05) is 37.9 Å². The summed E-state index contributed by atoms with van der Waals surface area (Å²) >= 11 is 5.97. The molecule has 1 aliphatic rings. The lowest BCUT2D eigenvalue weighted by molar-refractivity contribution is -0.136. The average Bonchev–Trinajstić information content (AvgIpc) is 2.79. The Bertz CT molecular complexity index is 1110. The topological polar surface area (TPSA) is 81.6 Å². The van der Waals surface area contributed by atoms with Crippen molar-refractivity contribution >= 4 is 23.5 Å². The maximum atomic E-state index is 12.3. The van der Waals surface area contributed by atoms with Gasteiger partial charge in [-0.3, -0.25) is 9.69 Å². The Morgan fingerprint density at radius 3 is 2.81 bits per heavy atom. The van der Waals surface area contributed by atoms with Crippen molar-refractivity contribution in [3.8, 4) is 17.0 Å². The predicted octanol–water partition coefficient (Wildman–Crippen LogP) is 3.43. The molecule has 0 saturated carbocycles. The number of hydrogen-bond acceptors (Lipinski definition) is 6. The second kappa shape index (κ2) is 9.97. The lowest BCUT2D eigenvalue weighted by atomic mass is 10.1. The molecular weight excluding hydrogens is 426 g/mol. The number of amides is 1. The van der Waals surface area contributed by atoms with Crippen LogP contribution in [-0.2, 0) is 17.8 Å². The number of rotatable bonds is 7. The number of nitrogens with zero attached hydrogens (tertiary/aromatic N) is 4. The normalized spacial score (nSPS) is 14.6. The molecule has 1 aromatic heterocycles. The highest BCUT2D eigenvalue weighted by Crippen LogP contribution is 2.24. The van der Waals surface area contributed by atoms with E-state index in [0.29, 0.717) is 30.6 Å². The van der Waals surface area contributed by atoms with Crippen LogP contribution in [0.3, 0.4) is 0 Å². The molecule has 7 nitrogen and oxygen atoms in total. The molecule has 0 bridgehead atoms. The van der Waals surface area contributed by atoms with E-state index in [4.69, 9.17) is 11.6 Å². The van der Waals surface area contributed by atoms with Crippen molar-refractivity contribution < 1.29 is 9.90 Å². The molecule has 0 aliphatic carbocycles. The molecular formula is C24H26ClN5O2. The van der Waals surface area contributed by atoms with Crippen LogP contribution in [0.1, 0.15) is 11.1 Å². The van der Waals surface area contributed by atoms with Gasteiger partial charge in [0.25, 0.3) is 0 Å². The van der Waals surface area contributed by atoms with E-state index in [0.717, 1.165) is 41.9 Å². The van der Waals surface area contributed by atoms with Crippen LogP contribution < -0.4 is 5.32 Å². The van der Waals surface area contributed by atoms with Gasteiger partial charge in [0.2, 0.25) is 11.9 Å². The highest BCUT2D eigenvalue weighted by Gasteiger charge is 2.21. The molecule has 3 aromatic rings. The van der Waals surface area contributed by atoms with Crippen LogP contribution in [0.5, 0.6) is 5.75 Å². The Hall–Kier alpha value is -3.16. The predicted molar refractivity (Wildman–Crippen MR) is 126 cm³/mol. The van der Waals surface area contributed by atoms with E-state index in [1.165, 1.54) is 0 Å². The number of carbonyl (C=O) groups excluding carboxylic acids is 1. The third-order valence-corrected chi connectivity index (χ3v) is 5.77. The van der Waals surface area contributed by atoms with Crippen molar-refractivity contribution in [2.75, 3.05) is 38.5 Å². The summed E-state index contributed by atoms with van der Waals surface area (Å²) in [4.78, 5) is 25.2. The number of carbonyl (C=O) groups is 1. The van der Waals surface area contributed by atoms with Gasteiger partial charge >= 0.3 is 0 Å². The van der Waals surface area contributed by atoms with E-state index in [2.05, 4.69) is 21.4 Å². The van der Waals surface area contributed by atoms with Gasteiger partial charge in [-0.1, -0.05) is 35.9 Å². The summed E-state index contributed by atoms with van der Waals surface area (Å²) in [6.07, 6.45) is 2.46. The third-order valence-electron chi connectivity index (χ3n) is 5.47. The number of benzene rings is 2. The van der Waals surface area contributed by atoms with Crippen LogP contribution in [0.2, 0.25) is 5.02 Å². The molecule has 0 spiro atoms. The molecule has 0 radical (unpaired) electrons. The highest BCUT2D eigenvalue weighted by molar-refractivity contribution is 6.32. The van der Waals surface area contributed by atoms with Crippen molar-refractivity contribution in [2.24, 2.45) is 0 Å². The Kier molecular flexibility index (Phi) is 6.87. The number of halogens is 1. The Balaban J connectivity index is 1.40. The number of piperazine rings is 1. The number of phenols is 1. The monoisotopic (exact) mass is 451 g/mol. The van der Waals surface area contributed by atoms with Crippen molar-refractivity contribution in [1.82, 2.24) is 19.8 Å². The SMILES string of the molecule is CN1CCN(Cc2cccc(-c3ccnc(NCCc4ccc(O)c(Cl)c4)n3)c2)C(=O)C1. The summed E-state index contributed by atoms with van der Waals surface area (Å²) in [6.45, 7) is 3.34. The lowest BCUT2D eigenvalue weighted by Gasteiger charge is -2.32. The molecule has 8 heteroatoms. The van der Waals surface area contributed by atoms with Gasteiger partial charge in [0.15, 0.2) is 0 Å². The molecule has 0 unspecified atom stereocenters. The fourth-order valence-electron chi connectivity index (χ4n) is 3.67. The number of aromatic hydroxyl groups is 1. The van der Waals surface area contributed by atoms with E-state index >= 15 is 0 Å². The molecule has 2 heterocycles. The van der Waals surface area contributed by atoms with Gasteiger partial charge in [-0.2, -0.15) is 0 Å². The summed E-state index contributed by atoms with van der Waals surface area (Å²) in [5.41, 5.74) is 3.90. The van der Waals surface area contributed by atoms with E-state index in [1.54, 1.807) is 18.3 Å². The molecule has 4 rings (SSSR count). The molecule has 1 amide bonds. The summed E-state index contributed by atoms with van der Waals surface area (Å²) in [6, 6.07) is 15.2. The molecule has 166 valence electrons. The van der Waals surface area contributed by atoms with Crippen LogP contribution in [-0.4, -0.2) is 64.0 Å². The zero-order valence-electron chi connectivity index (χ0n) is 18.0. The number of likely N-dealkylation sites (N-methyl/N-ethyl adjacent to an activating group) is 1. The quantitative estimate of drug-likeness (QED) is 0.572. The summed E-state index contributed by atoms with van der Waals surface area (Å²) < 4.78 is 0. The first-order valence-corrected chi connectivity index (χ1v) is 11.0. The minimum atomic E-state index is 0.0821. The number of hydrogen-bond donors (Lipinski definition) is 2. The lowest BCUT2D eigenvalue weighted by Crippen LogP contribution is -2.48. The van der Waals surface area contributed by atoms with Gasteiger partial charge in [0.05, 0.1) is 17.3 Å². The van der Waals surface area contributed by atoms with E-state index in [1.807, 2.05) is 47.2 Å². The molecule has 0 atom stereocenters. The number of phenolic OH excluding ortho intramolecular Hbond substituents is 1. The summed E-state index contributed by atoms with van der Waals surface area (Å²) in [5.74, 6) is 0.790. The van der Waals surface area contributed by atoms with Crippen LogP contribution >= 0.6 is 11.6 Å². The Morgan fingerprint density at radius 1 is 1.12 bits per heavy atom. The van der Waals surface area contributed by atoms with Crippen LogP contribution in [0.25, 0.3) is 11.3 Å².